The van der Waals surface area contributed by atoms with Gasteiger partial charge in [0.15, 0.2) is 5.65 Å². The summed E-state index contributed by atoms with van der Waals surface area (Å²) in [6.45, 7) is 11.4. The van der Waals surface area contributed by atoms with Crippen molar-refractivity contribution < 1.29 is 13.9 Å². The number of likely N-dealkylation sites (N-methyl/N-ethyl adjacent to an activating group) is 1. The number of nitrogens with two attached hydrogens (primary N) is 1. The number of nitrogens with one attached hydrogen (secondary N) is 1. The van der Waals surface area contributed by atoms with Gasteiger partial charge in [-0.1, -0.05) is 25.7 Å². The predicted molar refractivity (Wildman–Crippen MR) is 162 cm³/mol. The minimum Gasteiger partial charge on any atom is -0.438 e. The highest BCUT2D eigenvalue weighted by atomic mass is 28.3. The van der Waals surface area contributed by atoms with Crippen LogP contribution in [0, 0.1) is 5.82 Å². The number of fused-ring (bicyclic) bond motifs is 1. The van der Waals surface area contributed by atoms with Gasteiger partial charge in [-0.15, -0.1) is 0 Å². The zero-order chi connectivity index (χ0) is 28.3. The van der Waals surface area contributed by atoms with E-state index in [4.69, 9.17) is 20.2 Å². The minimum absolute atomic E-state index is 0.286. The van der Waals surface area contributed by atoms with Gasteiger partial charge in [-0.2, -0.15) is 9.97 Å². The van der Waals surface area contributed by atoms with Crippen LogP contribution in [0.5, 0.6) is 11.6 Å². The number of hydrogen-bond acceptors (Lipinski definition) is 8. The Morgan fingerprint density at radius 1 is 1.02 bits per heavy atom. The van der Waals surface area contributed by atoms with E-state index in [1.165, 1.54) is 6.07 Å². The number of halogens is 1. The fourth-order valence-electron chi connectivity index (χ4n) is 4.52. The number of hydrogen-bond donors (Lipinski definition) is 2. The largest absolute Gasteiger partial charge is 0.438 e. The van der Waals surface area contributed by atoms with E-state index in [1.54, 1.807) is 18.2 Å². The number of nitrogens with zero attached hydrogens (tertiary/aromatic N) is 5. The molecule has 0 atom stereocenters. The Bertz CT molecular complexity index is 1460. The molecule has 11 heteroatoms. The number of nitrogen functional groups attached to an aromatic ring is 1. The monoisotopic (exact) mass is 563 g/mol. The van der Waals surface area contributed by atoms with Gasteiger partial charge in [0.05, 0.1) is 11.1 Å². The molecular weight excluding hydrogens is 525 g/mol. The van der Waals surface area contributed by atoms with Crippen molar-refractivity contribution in [2.45, 2.75) is 32.4 Å². The van der Waals surface area contributed by atoms with Crippen molar-refractivity contribution in [2.24, 2.45) is 0 Å². The molecule has 1 fully saturated rings. The van der Waals surface area contributed by atoms with Gasteiger partial charge < -0.3 is 34.9 Å². The van der Waals surface area contributed by atoms with E-state index in [0.717, 1.165) is 37.6 Å². The first kappa shape index (κ1) is 27.9. The SMILES string of the molecule is CN1CCN(c2ccc(Nc3nc(Oc4cccc(N)c4)c4ccn(COCC[Si](C)(C)C)c4n3)cc2F)CC1. The quantitative estimate of drug-likeness (QED) is 0.143. The smallest absolute Gasteiger partial charge is 0.233 e. The van der Waals surface area contributed by atoms with E-state index in [0.29, 0.717) is 53.6 Å². The maximum absolute atomic E-state index is 15.2. The number of benzene rings is 2. The summed E-state index contributed by atoms with van der Waals surface area (Å²) in [4.78, 5) is 13.7. The second-order valence-electron chi connectivity index (χ2n) is 11.5. The minimum atomic E-state index is -1.20. The summed E-state index contributed by atoms with van der Waals surface area (Å²) in [7, 11) is 0.881. The van der Waals surface area contributed by atoms with Crippen molar-refractivity contribution in [1.29, 1.82) is 0 Å². The van der Waals surface area contributed by atoms with E-state index in [9.17, 15) is 0 Å². The first-order valence-electron chi connectivity index (χ1n) is 13.6. The van der Waals surface area contributed by atoms with Gasteiger partial charge in [-0.25, -0.2) is 4.39 Å². The third-order valence-corrected chi connectivity index (χ3v) is 8.64. The highest BCUT2D eigenvalue weighted by Gasteiger charge is 2.19. The average Bonchev–Trinajstić information content (AvgIpc) is 3.30. The number of piperazine rings is 1. The normalized spacial score (nSPS) is 14.6. The molecule has 2 aromatic heterocycles. The lowest BCUT2D eigenvalue weighted by Crippen LogP contribution is -2.44. The second-order valence-corrected chi connectivity index (χ2v) is 17.1. The van der Waals surface area contributed by atoms with E-state index < -0.39 is 8.07 Å². The average molecular weight is 564 g/mol. The van der Waals surface area contributed by atoms with Gasteiger partial charge in [0.2, 0.25) is 11.8 Å². The lowest BCUT2D eigenvalue weighted by molar-refractivity contribution is 0.0899. The number of rotatable bonds is 10. The van der Waals surface area contributed by atoms with Crippen LogP contribution in [0.1, 0.15) is 0 Å². The van der Waals surface area contributed by atoms with Gasteiger partial charge in [0, 0.05) is 64.5 Å². The first-order valence-corrected chi connectivity index (χ1v) is 17.3. The van der Waals surface area contributed by atoms with Crippen molar-refractivity contribution >= 4 is 42.1 Å². The number of ether oxygens (including phenoxy) is 2. The zero-order valence-corrected chi connectivity index (χ0v) is 24.7. The standard InChI is InChI=1S/C29H38FN7O2Si/c1-35-12-14-36(15-13-35)26-9-8-22(19-25(26)30)32-29-33-27-24(10-11-37(27)20-38-16-17-40(2,3)4)28(34-29)39-23-7-5-6-21(31)18-23/h5-11,18-19H,12-17,20,31H2,1-4H3,(H,32,33,34). The molecular formula is C29H38FN7O2Si. The van der Waals surface area contributed by atoms with E-state index in [-0.39, 0.29) is 5.82 Å². The molecule has 0 spiro atoms. The summed E-state index contributed by atoms with van der Waals surface area (Å²) in [5.74, 6) is 0.937. The van der Waals surface area contributed by atoms with Gasteiger partial charge in [0.25, 0.3) is 0 Å². The molecule has 9 nitrogen and oxygen atoms in total. The van der Waals surface area contributed by atoms with Crippen LogP contribution < -0.4 is 20.7 Å². The Morgan fingerprint density at radius 3 is 2.55 bits per heavy atom. The van der Waals surface area contributed by atoms with Crippen LogP contribution in [0.4, 0.5) is 27.4 Å². The molecule has 0 aliphatic carbocycles. The number of aromatic nitrogens is 3. The molecule has 2 aromatic carbocycles. The van der Waals surface area contributed by atoms with E-state index in [1.807, 2.05) is 35.0 Å². The molecule has 5 rings (SSSR count). The molecule has 40 heavy (non-hydrogen) atoms. The first-order chi connectivity index (χ1) is 19.1. The van der Waals surface area contributed by atoms with Crippen molar-refractivity contribution in [3.63, 3.8) is 0 Å². The topological polar surface area (TPSA) is 93.7 Å². The van der Waals surface area contributed by atoms with E-state index >= 15 is 4.39 Å². The summed E-state index contributed by atoms with van der Waals surface area (Å²) >= 11 is 0. The highest BCUT2D eigenvalue weighted by molar-refractivity contribution is 6.76. The summed E-state index contributed by atoms with van der Waals surface area (Å²) in [6, 6.07) is 15.3. The van der Waals surface area contributed by atoms with E-state index in [2.05, 4.69) is 46.8 Å². The molecule has 3 N–H and O–H groups in total. The van der Waals surface area contributed by atoms with Crippen molar-refractivity contribution in [3.8, 4) is 11.6 Å². The van der Waals surface area contributed by atoms with Crippen LogP contribution in [0.3, 0.4) is 0 Å². The summed E-state index contributed by atoms with van der Waals surface area (Å²) < 4.78 is 29.2. The van der Waals surface area contributed by atoms with Gasteiger partial charge in [-0.05, 0) is 49.5 Å². The molecule has 1 aliphatic rings. The zero-order valence-electron chi connectivity index (χ0n) is 23.7. The maximum Gasteiger partial charge on any atom is 0.233 e. The van der Waals surface area contributed by atoms with Crippen molar-refractivity contribution in [1.82, 2.24) is 19.4 Å². The van der Waals surface area contributed by atoms with Crippen LogP contribution in [0.15, 0.2) is 54.7 Å². The second kappa shape index (κ2) is 11.8. The van der Waals surface area contributed by atoms with Crippen LogP contribution in [0.25, 0.3) is 11.0 Å². The third kappa shape index (κ3) is 6.90. The Hall–Kier alpha value is -3.67. The predicted octanol–water partition coefficient (Wildman–Crippen LogP) is 5.75. The lowest BCUT2D eigenvalue weighted by Gasteiger charge is -2.34. The highest BCUT2D eigenvalue weighted by Crippen LogP contribution is 2.32. The molecule has 0 amide bonds. The lowest BCUT2D eigenvalue weighted by atomic mass is 10.2. The maximum atomic E-state index is 15.2. The fraction of sp³-hybridized carbons (Fsp3) is 0.379. The van der Waals surface area contributed by atoms with Crippen LogP contribution in [-0.2, 0) is 11.5 Å². The molecule has 3 heterocycles. The molecule has 0 bridgehead atoms. The Balaban J connectivity index is 1.41. The molecule has 1 aliphatic heterocycles. The van der Waals surface area contributed by atoms with Gasteiger partial charge >= 0.3 is 0 Å². The molecule has 1 saturated heterocycles. The van der Waals surface area contributed by atoms with Crippen LogP contribution in [-0.4, -0.2) is 67.3 Å². The third-order valence-electron chi connectivity index (χ3n) is 6.93. The Morgan fingerprint density at radius 2 is 1.82 bits per heavy atom. The van der Waals surface area contributed by atoms with Crippen LogP contribution in [0.2, 0.25) is 25.7 Å². The molecule has 0 saturated carbocycles. The Labute approximate surface area is 235 Å². The van der Waals surface area contributed by atoms with Crippen molar-refractivity contribution in [3.05, 3.63) is 60.5 Å². The summed E-state index contributed by atoms with van der Waals surface area (Å²) in [5, 5.41) is 3.91. The molecule has 0 unspecified atom stereocenters. The van der Waals surface area contributed by atoms with Crippen LogP contribution >= 0.6 is 0 Å². The summed E-state index contributed by atoms with van der Waals surface area (Å²) in [6.07, 6.45) is 1.91. The molecule has 212 valence electrons. The van der Waals surface area contributed by atoms with Crippen molar-refractivity contribution in [2.75, 3.05) is 55.8 Å². The Kier molecular flexibility index (Phi) is 8.24. The molecule has 4 aromatic rings. The van der Waals surface area contributed by atoms with Gasteiger partial charge in [-0.3, -0.25) is 0 Å². The summed E-state index contributed by atoms with van der Waals surface area (Å²) in [5.41, 5.74) is 8.35. The fourth-order valence-corrected chi connectivity index (χ4v) is 5.28. The number of anilines is 4. The molecule has 0 radical (unpaired) electrons. The van der Waals surface area contributed by atoms with Gasteiger partial charge in [0.1, 0.15) is 18.3 Å².